The molecule has 0 aliphatic heterocycles. The lowest BCUT2D eigenvalue weighted by atomic mass is 9.85. The van der Waals surface area contributed by atoms with Gasteiger partial charge in [-0.1, -0.05) is 12.1 Å². The van der Waals surface area contributed by atoms with E-state index in [1.54, 1.807) is 14.2 Å². The topological polar surface area (TPSA) is 46.6 Å². The fraction of sp³-hybridized carbons (Fsp3) is 0.435. The van der Waals surface area contributed by atoms with Crippen molar-refractivity contribution in [2.24, 2.45) is 0 Å². The molecule has 1 aliphatic carbocycles. The van der Waals surface area contributed by atoms with Crippen LogP contribution in [-0.4, -0.2) is 51.3 Å². The third-order valence-electron chi connectivity index (χ3n) is 5.72. The number of nitrogens with zero attached hydrogens (tertiary/aromatic N) is 2. The minimum atomic E-state index is 0.359. The van der Waals surface area contributed by atoms with E-state index in [0.717, 1.165) is 53.7 Å². The first-order chi connectivity index (χ1) is 13.6. The Bertz CT molecular complexity index is 1000. The first-order valence-corrected chi connectivity index (χ1v) is 9.96. The summed E-state index contributed by atoms with van der Waals surface area (Å²) in [7, 11) is 7.57. The molecule has 1 atom stereocenters. The SMILES string of the molecule is COc1cc2cnc3c4c(ccc3c2cc1OC)CCCC4NCCN(C)C. The van der Waals surface area contributed by atoms with Crippen molar-refractivity contribution in [1.82, 2.24) is 15.2 Å². The van der Waals surface area contributed by atoms with Crippen molar-refractivity contribution in [2.75, 3.05) is 41.4 Å². The van der Waals surface area contributed by atoms with E-state index in [9.17, 15) is 0 Å². The summed E-state index contributed by atoms with van der Waals surface area (Å²) < 4.78 is 11.0. The summed E-state index contributed by atoms with van der Waals surface area (Å²) in [6.45, 7) is 2.01. The van der Waals surface area contributed by atoms with Gasteiger partial charge >= 0.3 is 0 Å². The van der Waals surface area contributed by atoms with Gasteiger partial charge in [-0.05, 0) is 62.0 Å². The molecule has 0 radical (unpaired) electrons. The number of likely N-dealkylation sites (N-methyl/N-ethyl adjacent to an activating group) is 1. The van der Waals surface area contributed by atoms with Crippen LogP contribution < -0.4 is 14.8 Å². The zero-order chi connectivity index (χ0) is 19.7. The summed E-state index contributed by atoms with van der Waals surface area (Å²) in [6, 6.07) is 8.94. The predicted octanol–water partition coefficient (Wildman–Crippen LogP) is 3.93. The molecule has 1 unspecified atom stereocenters. The molecule has 0 amide bonds. The van der Waals surface area contributed by atoms with Crippen molar-refractivity contribution in [1.29, 1.82) is 0 Å². The second kappa shape index (κ2) is 7.94. The normalized spacial score (nSPS) is 16.5. The number of hydrogen-bond donors (Lipinski definition) is 1. The number of aromatic nitrogens is 1. The Balaban J connectivity index is 1.84. The van der Waals surface area contributed by atoms with E-state index in [1.807, 2.05) is 12.3 Å². The molecule has 4 rings (SSSR count). The molecule has 0 fully saturated rings. The van der Waals surface area contributed by atoms with Crippen LogP contribution in [0.1, 0.15) is 30.0 Å². The second-order valence-corrected chi connectivity index (χ2v) is 7.79. The van der Waals surface area contributed by atoms with E-state index in [1.165, 1.54) is 22.9 Å². The van der Waals surface area contributed by atoms with E-state index in [4.69, 9.17) is 14.5 Å². The van der Waals surface area contributed by atoms with Crippen LogP contribution in [0.15, 0.2) is 30.5 Å². The van der Waals surface area contributed by atoms with Gasteiger partial charge in [0.15, 0.2) is 11.5 Å². The van der Waals surface area contributed by atoms with Crippen LogP contribution in [0.5, 0.6) is 11.5 Å². The maximum Gasteiger partial charge on any atom is 0.161 e. The first-order valence-electron chi connectivity index (χ1n) is 9.96. The van der Waals surface area contributed by atoms with Gasteiger partial charge in [-0.2, -0.15) is 0 Å². The highest BCUT2D eigenvalue weighted by Gasteiger charge is 2.23. The lowest BCUT2D eigenvalue weighted by molar-refractivity contribution is 0.356. The number of hydrogen-bond acceptors (Lipinski definition) is 5. The molecule has 28 heavy (non-hydrogen) atoms. The minimum absolute atomic E-state index is 0.359. The van der Waals surface area contributed by atoms with Gasteiger partial charge < -0.3 is 19.7 Å². The van der Waals surface area contributed by atoms with Crippen LogP contribution in [0.3, 0.4) is 0 Å². The molecule has 1 aromatic heterocycles. The molecule has 5 nitrogen and oxygen atoms in total. The van der Waals surface area contributed by atoms with Crippen LogP contribution in [0.25, 0.3) is 21.7 Å². The number of nitrogens with one attached hydrogen (secondary N) is 1. The maximum absolute atomic E-state index is 5.54. The van der Waals surface area contributed by atoms with Crippen molar-refractivity contribution in [3.05, 3.63) is 41.6 Å². The summed E-state index contributed by atoms with van der Waals surface area (Å²) in [6.07, 6.45) is 5.47. The van der Waals surface area contributed by atoms with Crippen LogP contribution in [0, 0.1) is 0 Å². The van der Waals surface area contributed by atoms with Crippen molar-refractivity contribution in [2.45, 2.75) is 25.3 Å². The van der Waals surface area contributed by atoms with Gasteiger partial charge in [0, 0.05) is 36.1 Å². The van der Waals surface area contributed by atoms with E-state index < -0.39 is 0 Å². The Morgan fingerprint density at radius 3 is 2.64 bits per heavy atom. The smallest absolute Gasteiger partial charge is 0.161 e. The average molecular weight is 380 g/mol. The predicted molar refractivity (Wildman–Crippen MR) is 115 cm³/mol. The van der Waals surface area contributed by atoms with Gasteiger partial charge in [0.2, 0.25) is 0 Å². The highest BCUT2D eigenvalue weighted by Crippen LogP contribution is 2.39. The van der Waals surface area contributed by atoms with Gasteiger partial charge in [-0.15, -0.1) is 0 Å². The summed E-state index contributed by atoms with van der Waals surface area (Å²) in [5.41, 5.74) is 3.91. The molecule has 0 saturated heterocycles. The molecule has 3 aromatic rings. The quantitative estimate of drug-likeness (QED) is 0.658. The molecule has 0 saturated carbocycles. The summed E-state index contributed by atoms with van der Waals surface area (Å²) >= 11 is 0. The number of rotatable bonds is 6. The lowest BCUT2D eigenvalue weighted by Crippen LogP contribution is -2.31. The molecule has 1 heterocycles. The van der Waals surface area contributed by atoms with Gasteiger partial charge in [-0.25, -0.2) is 0 Å². The molecule has 0 bridgehead atoms. The van der Waals surface area contributed by atoms with Gasteiger partial charge in [0.1, 0.15) is 0 Å². The fourth-order valence-electron chi connectivity index (χ4n) is 4.29. The number of methoxy groups -OCH3 is 2. The molecule has 0 spiro atoms. The Labute approximate surface area is 166 Å². The Kier molecular flexibility index (Phi) is 5.38. The van der Waals surface area contributed by atoms with Crippen molar-refractivity contribution >= 4 is 21.7 Å². The molecule has 148 valence electrons. The molecule has 5 heteroatoms. The largest absolute Gasteiger partial charge is 0.493 e. The highest BCUT2D eigenvalue weighted by molar-refractivity contribution is 6.07. The first kappa shape index (κ1) is 19.0. The van der Waals surface area contributed by atoms with Crippen LogP contribution >= 0.6 is 0 Å². The molecular formula is C23H29N3O2. The second-order valence-electron chi connectivity index (χ2n) is 7.79. The molecular weight excluding hydrogens is 350 g/mol. The standard InChI is InChI=1S/C23H29N3O2/c1-26(2)11-10-24-19-7-5-6-15-8-9-17-18-13-21(28-4)20(27-3)12-16(18)14-25-23(17)22(15)19/h8-9,12-14,19,24H,5-7,10-11H2,1-4H3. The van der Waals surface area contributed by atoms with Crippen LogP contribution in [0.4, 0.5) is 0 Å². The van der Waals surface area contributed by atoms with Gasteiger partial charge in [-0.3, -0.25) is 4.98 Å². The number of fused-ring (bicyclic) bond motifs is 5. The number of ether oxygens (including phenoxy) is 2. The van der Waals surface area contributed by atoms with Crippen LogP contribution in [0.2, 0.25) is 0 Å². The van der Waals surface area contributed by atoms with E-state index in [0.29, 0.717) is 6.04 Å². The number of aryl methyl sites for hydroxylation is 1. The highest BCUT2D eigenvalue weighted by atomic mass is 16.5. The Hall–Kier alpha value is -2.37. The number of pyridine rings is 1. The summed E-state index contributed by atoms with van der Waals surface area (Å²) in [5.74, 6) is 1.48. The summed E-state index contributed by atoms with van der Waals surface area (Å²) in [4.78, 5) is 7.11. The van der Waals surface area contributed by atoms with Crippen molar-refractivity contribution in [3.8, 4) is 11.5 Å². The monoisotopic (exact) mass is 379 g/mol. The van der Waals surface area contributed by atoms with E-state index in [-0.39, 0.29) is 0 Å². The zero-order valence-corrected chi connectivity index (χ0v) is 17.2. The number of benzene rings is 2. The fourth-order valence-corrected chi connectivity index (χ4v) is 4.29. The third kappa shape index (κ3) is 3.40. The Morgan fingerprint density at radius 1 is 1.11 bits per heavy atom. The van der Waals surface area contributed by atoms with Crippen LogP contribution in [-0.2, 0) is 6.42 Å². The summed E-state index contributed by atoms with van der Waals surface area (Å²) in [5, 5.41) is 7.17. The zero-order valence-electron chi connectivity index (χ0n) is 17.2. The third-order valence-corrected chi connectivity index (χ3v) is 5.72. The molecule has 2 aromatic carbocycles. The van der Waals surface area contributed by atoms with E-state index in [2.05, 4.69) is 42.5 Å². The average Bonchev–Trinajstić information content (AvgIpc) is 2.71. The Morgan fingerprint density at radius 2 is 1.89 bits per heavy atom. The van der Waals surface area contributed by atoms with Gasteiger partial charge in [0.25, 0.3) is 0 Å². The van der Waals surface area contributed by atoms with Gasteiger partial charge in [0.05, 0.1) is 19.7 Å². The molecule has 1 N–H and O–H groups in total. The van der Waals surface area contributed by atoms with Crippen molar-refractivity contribution < 1.29 is 9.47 Å². The molecule has 1 aliphatic rings. The van der Waals surface area contributed by atoms with Crippen molar-refractivity contribution in [3.63, 3.8) is 0 Å². The van der Waals surface area contributed by atoms with E-state index >= 15 is 0 Å². The lowest BCUT2D eigenvalue weighted by Gasteiger charge is -2.28. The maximum atomic E-state index is 5.54. The minimum Gasteiger partial charge on any atom is -0.493 e.